The molecule has 1 atom stereocenters. The van der Waals surface area contributed by atoms with Crippen LogP contribution in [0.5, 0.6) is 0 Å². The lowest BCUT2D eigenvalue weighted by atomic mass is 10.2. The van der Waals surface area contributed by atoms with Crippen molar-refractivity contribution < 1.29 is 18.7 Å². The van der Waals surface area contributed by atoms with Crippen molar-refractivity contribution in [2.24, 2.45) is 0 Å². The summed E-state index contributed by atoms with van der Waals surface area (Å²) in [6.45, 7) is 4.36. The third-order valence-corrected chi connectivity index (χ3v) is 4.30. The van der Waals surface area contributed by atoms with Gasteiger partial charge in [-0.2, -0.15) is 5.26 Å². The fourth-order valence-electron chi connectivity index (χ4n) is 2.93. The number of carbonyl (C=O) groups is 1. The second-order valence-electron chi connectivity index (χ2n) is 6.10. The van der Waals surface area contributed by atoms with Crippen molar-refractivity contribution >= 4 is 5.97 Å². The van der Waals surface area contributed by atoms with Crippen LogP contribution in [0.15, 0.2) is 35.7 Å². The van der Waals surface area contributed by atoms with Gasteiger partial charge in [-0.3, -0.25) is 4.90 Å². The van der Waals surface area contributed by atoms with Gasteiger partial charge in [0, 0.05) is 33.7 Å². The molecule has 8 heteroatoms. The zero-order chi connectivity index (χ0) is 19.8. The maximum absolute atomic E-state index is 13.1. The predicted molar refractivity (Wildman–Crippen MR) is 97.5 cm³/mol. The van der Waals surface area contributed by atoms with Crippen molar-refractivity contribution in [2.45, 2.75) is 19.7 Å². The van der Waals surface area contributed by atoms with Crippen molar-refractivity contribution in [1.82, 2.24) is 15.1 Å². The van der Waals surface area contributed by atoms with Crippen LogP contribution in [0.4, 0.5) is 4.39 Å². The summed E-state index contributed by atoms with van der Waals surface area (Å²) in [5.41, 5.74) is 0.912. The monoisotopic (exact) mass is 376 g/mol. The summed E-state index contributed by atoms with van der Waals surface area (Å²) in [6, 6.07) is 8.32. The lowest BCUT2D eigenvalue weighted by Crippen LogP contribution is -2.50. The molecule has 0 bridgehead atoms. The summed E-state index contributed by atoms with van der Waals surface area (Å²) in [7, 11) is 3.40. The summed E-state index contributed by atoms with van der Waals surface area (Å²) in [6.07, 6.45) is -0.348. The Hall–Kier alpha value is -2.63. The minimum Gasteiger partial charge on any atom is -0.462 e. The molecule has 1 N–H and O–H groups in total. The van der Waals surface area contributed by atoms with Crippen LogP contribution in [0.3, 0.4) is 0 Å². The first-order valence-electron chi connectivity index (χ1n) is 8.80. The van der Waals surface area contributed by atoms with Gasteiger partial charge < -0.3 is 19.7 Å². The number of likely N-dealkylation sites (N-methyl/N-ethyl adjacent to an activating group) is 1. The molecule has 1 unspecified atom stereocenters. The molecule has 0 aliphatic carbocycles. The van der Waals surface area contributed by atoms with E-state index in [2.05, 4.69) is 10.2 Å². The molecule has 1 heterocycles. The van der Waals surface area contributed by atoms with E-state index in [0.29, 0.717) is 25.5 Å². The van der Waals surface area contributed by atoms with Crippen LogP contribution in [-0.4, -0.2) is 62.4 Å². The van der Waals surface area contributed by atoms with Gasteiger partial charge in [0.25, 0.3) is 0 Å². The number of nitrogens with one attached hydrogen (secondary N) is 1. The molecule has 0 radical (unpaired) electrons. The fourth-order valence-corrected chi connectivity index (χ4v) is 2.93. The molecule has 1 fully saturated rings. The van der Waals surface area contributed by atoms with Gasteiger partial charge >= 0.3 is 5.97 Å². The Labute approximate surface area is 158 Å². The van der Waals surface area contributed by atoms with Gasteiger partial charge in [-0.05, 0) is 24.6 Å². The minimum absolute atomic E-state index is 0.0962. The van der Waals surface area contributed by atoms with Crippen molar-refractivity contribution in [3.8, 4) is 6.07 Å². The van der Waals surface area contributed by atoms with Crippen molar-refractivity contribution in [3.05, 3.63) is 47.0 Å². The number of halogens is 1. The molecule has 27 heavy (non-hydrogen) atoms. The molecule has 2 rings (SSSR count). The van der Waals surface area contributed by atoms with E-state index in [4.69, 9.17) is 9.47 Å². The highest BCUT2D eigenvalue weighted by molar-refractivity contribution is 5.93. The number of hydrogen-bond donors (Lipinski definition) is 1. The average molecular weight is 376 g/mol. The highest BCUT2D eigenvalue weighted by Crippen LogP contribution is 2.17. The number of hydrogen-bond acceptors (Lipinski definition) is 7. The largest absolute Gasteiger partial charge is 0.462 e. The summed E-state index contributed by atoms with van der Waals surface area (Å²) in [5, 5.41) is 12.3. The molecule has 0 saturated carbocycles. The molecule has 7 nitrogen and oxygen atoms in total. The number of benzene rings is 1. The zero-order valence-corrected chi connectivity index (χ0v) is 15.9. The van der Waals surface area contributed by atoms with E-state index in [1.54, 1.807) is 38.1 Å². The number of ether oxygens (including phenoxy) is 2. The average Bonchev–Trinajstić information content (AvgIpc) is 2.67. The maximum Gasteiger partial charge on any atom is 0.352 e. The highest BCUT2D eigenvalue weighted by atomic mass is 19.1. The van der Waals surface area contributed by atoms with E-state index >= 15 is 0 Å². The topological polar surface area (TPSA) is 77.8 Å². The maximum atomic E-state index is 13.1. The van der Waals surface area contributed by atoms with Gasteiger partial charge in [0.15, 0.2) is 5.57 Å². The molecule has 146 valence electrons. The molecule has 1 saturated heterocycles. The van der Waals surface area contributed by atoms with Gasteiger partial charge in [-0.25, -0.2) is 9.18 Å². The van der Waals surface area contributed by atoms with Crippen LogP contribution < -0.4 is 5.32 Å². The number of carbonyl (C=O) groups excluding carboxylic acids is 1. The van der Waals surface area contributed by atoms with Gasteiger partial charge in [-0.1, -0.05) is 12.1 Å². The van der Waals surface area contributed by atoms with Crippen molar-refractivity contribution in [1.29, 1.82) is 5.26 Å². The fraction of sp³-hybridized carbons (Fsp3) is 0.474. The second-order valence-corrected chi connectivity index (χ2v) is 6.10. The Balaban J connectivity index is 2.11. The normalized spacial score (nSPS) is 18.3. The summed E-state index contributed by atoms with van der Waals surface area (Å²) in [5.74, 6) is -0.579. The second kappa shape index (κ2) is 9.90. The van der Waals surface area contributed by atoms with Gasteiger partial charge in [0.2, 0.25) is 0 Å². The summed E-state index contributed by atoms with van der Waals surface area (Å²) >= 11 is 0. The standard InChI is InChI=1S/C19H25FN4O3/c1-4-26-19(25)16(11-21)18(22-2)23(3)17-13-24(9-10-27-17)12-14-5-7-15(20)8-6-14/h5-8,17,22H,4,9-10,12-13H2,1-3H3/b18-16-. The van der Waals surface area contributed by atoms with Crippen LogP contribution in [0, 0.1) is 17.1 Å². The Bertz CT molecular complexity index is 715. The van der Waals surface area contributed by atoms with E-state index in [9.17, 15) is 14.4 Å². The smallest absolute Gasteiger partial charge is 0.352 e. The first-order valence-corrected chi connectivity index (χ1v) is 8.80. The Morgan fingerprint density at radius 3 is 2.78 bits per heavy atom. The van der Waals surface area contributed by atoms with Gasteiger partial charge in [-0.15, -0.1) is 0 Å². The molecule has 0 aromatic heterocycles. The van der Waals surface area contributed by atoms with Crippen molar-refractivity contribution in [2.75, 3.05) is 40.4 Å². The van der Waals surface area contributed by atoms with E-state index in [-0.39, 0.29) is 24.2 Å². The Kier molecular flexibility index (Phi) is 7.58. The van der Waals surface area contributed by atoms with E-state index in [1.807, 2.05) is 6.07 Å². The summed E-state index contributed by atoms with van der Waals surface area (Å²) in [4.78, 5) is 16.0. The van der Waals surface area contributed by atoms with E-state index in [1.165, 1.54) is 12.1 Å². The van der Waals surface area contributed by atoms with Crippen LogP contribution in [0.25, 0.3) is 0 Å². The van der Waals surface area contributed by atoms with Crippen molar-refractivity contribution in [3.63, 3.8) is 0 Å². The molecule has 0 spiro atoms. The molecule has 1 aromatic rings. The first kappa shape index (κ1) is 20.7. The number of morpholine rings is 1. The van der Waals surface area contributed by atoms with Crippen LogP contribution in [0.1, 0.15) is 12.5 Å². The Morgan fingerprint density at radius 2 is 2.19 bits per heavy atom. The number of nitriles is 1. The third-order valence-electron chi connectivity index (χ3n) is 4.30. The lowest BCUT2D eigenvalue weighted by Gasteiger charge is -2.39. The highest BCUT2D eigenvalue weighted by Gasteiger charge is 2.28. The number of rotatable bonds is 7. The van der Waals surface area contributed by atoms with Gasteiger partial charge in [0.1, 0.15) is 23.9 Å². The van der Waals surface area contributed by atoms with E-state index < -0.39 is 5.97 Å². The van der Waals surface area contributed by atoms with Crippen LogP contribution in [-0.2, 0) is 20.8 Å². The molecular weight excluding hydrogens is 351 g/mol. The Morgan fingerprint density at radius 1 is 1.48 bits per heavy atom. The predicted octanol–water partition coefficient (Wildman–Crippen LogP) is 1.43. The molecule has 1 aromatic carbocycles. The molecular formula is C19H25FN4O3. The third kappa shape index (κ3) is 5.42. The SMILES string of the molecule is CCOC(=O)/C(C#N)=C(/NC)N(C)C1CN(Cc2ccc(F)cc2)CCO1. The van der Waals surface area contributed by atoms with Crippen LogP contribution in [0.2, 0.25) is 0 Å². The molecule has 0 amide bonds. The summed E-state index contributed by atoms with van der Waals surface area (Å²) < 4.78 is 23.9. The first-order chi connectivity index (χ1) is 13.0. The molecule has 1 aliphatic heterocycles. The molecule has 1 aliphatic rings. The lowest BCUT2D eigenvalue weighted by molar-refractivity contribution is -0.138. The zero-order valence-electron chi connectivity index (χ0n) is 15.9. The number of esters is 1. The van der Waals surface area contributed by atoms with E-state index in [0.717, 1.165) is 12.1 Å². The number of nitrogens with zero attached hydrogens (tertiary/aromatic N) is 3. The quantitative estimate of drug-likeness (QED) is 0.438. The van der Waals surface area contributed by atoms with Crippen LogP contribution >= 0.6 is 0 Å². The van der Waals surface area contributed by atoms with Gasteiger partial charge in [0.05, 0.1) is 13.2 Å². The minimum atomic E-state index is -0.671.